The van der Waals surface area contributed by atoms with E-state index in [1.165, 1.54) is 0 Å². The van der Waals surface area contributed by atoms with E-state index in [1.54, 1.807) is 0 Å². The molecule has 0 unspecified atom stereocenters. The number of rotatable bonds is 4. The molecule has 3 rings (SSSR count). The standard InChI is InChI=1S/C18H27N3O3/c1-13-11-21(12-14(2)24-13)16-7-5-15(6-8-16)20-18(22)19-10-17-4-3-9-23-17/h5-8,13-14,17H,3-4,9-12H2,1-2H3,(H2,19,20,22)/t13-,14-,17-/m1/s1. The molecule has 1 aromatic rings. The zero-order chi connectivity index (χ0) is 16.9. The summed E-state index contributed by atoms with van der Waals surface area (Å²) in [6, 6.07) is 7.77. The van der Waals surface area contributed by atoms with Crippen molar-refractivity contribution < 1.29 is 14.3 Å². The number of urea groups is 1. The molecule has 2 aliphatic rings. The predicted molar refractivity (Wildman–Crippen MR) is 94.7 cm³/mol. The van der Waals surface area contributed by atoms with Crippen molar-refractivity contribution in [3.63, 3.8) is 0 Å². The van der Waals surface area contributed by atoms with Crippen LogP contribution in [-0.2, 0) is 9.47 Å². The number of nitrogens with zero attached hydrogens (tertiary/aromatic N) is 1. The molecule has 0 bridgehead atoms. The minimum Gasteiger partial charge on any atom is -0.376 e. The van der Waals surface area contributed by atoms with E-state index < -0.39 is 0 Å². The zero-order valence-corrected chi connectivity index (χ0v) is 14.5. The van der Waals surface area contributed by atoms with E-state index in [1.807, 2.05) is 24.3 Å². The maximum absolute atomic E-state index is 11.9. The number of benzene rings is 1. The van der Waals surface area contributed by atoms with E-state index in [9.17, 15) is 4.79 Å². The van der Waals surface area contributed by atoms with Crippen molar-refractivity contribution in [2.75, 3.05) is 36.5 Å². The normalized spacial score (nSPS) is 27.1. The Labute approximate surface area is 143 Å². The number of carbonyl (C=O) groups excluding carboxylic acids is 1. The molecule has 2 saturated heterocycles. The van der Waals surface area contributed by atoms with Crippen molar-refractivity contribution >= 4 is 17.4 Å². The van der Waals surface area contributed by atoms with Crippen LogP contribution in [0.1, 0.15) is 26.7 Å². The van der Waals surface area contributed by atoms with E-state index in [0.717, 1.165) is 43.9 Å². The molecule has 0 aromatic heterocycles. The van der Waals surface area contributed by atoms with E-state index in [2.05, 4.69) is 29.4 Å². The molecule has 0 radical (unpaired) electrons. The van der Waals surface area contributed by atoms with E-state index >= 15 is 0 Å². The lowest BCUT2D eigenvalue weighted by atomic mass is 10.2. The van der Waals surface area contributed by atoms with Gasteiger partial charge in [-0.2, -0.15) is 0 Å². The highest BCUT2D eigenvalue weighted by atomic mass is 16.5. The second-order valence-electron chi connectivity index (χ2n) is 6.68. The Balaban J connectivity index is 1.49. The van der Waals surface area contributed by atoms with Gasteiger partial charge in [0.25, 0.3) is 0 Å². The molecule has 6 nitrogen and oxygen atoms in total. The van der Waals surface area contributed by atoms with Crippen LogP contribution in [0.15, 0.2) is 24.3 Å². The lowest BCUT2D eigenvalue weighted by Gasteiger charge is -2.36. The number of hydrogen-bond acceptors (Lipinski definition) is 4. The zero-order valence-electron chi connectivity index (χ0n) is 14.5. The van der Waals surface area contributed by atoms with Crippen molar-refractivity contribution in [3.8, 4) is 0 Å². The van der Waals surface area contributed by atoms with Crippen molar-refractivity contribution in [1.29, 1.82) is 0 Å². The first-order valence-electron chi connectivity index (χ1n) is 8.77. The fourth-order valence-corrected chi connectivity index (χ4v) is 3.33. The predicted octanol–water partition coefficient (Wildman–Crippen LogP) is 2.60. The molecule has 2 aliphatic heterocycles. The van der Waals surface area contributed by atoms with Crippen LogP contribution in [0.2, 0.25) is 0 Å². The largest absolute Gasteiger partial charge is 0.376 e. The van der Waals surface area contributed by atoms with Gasteiger partial charge in [-0.25, -0.2) is 4.79 Å². The first kappa shape index (κ1) is 17.0. The van der Waals surface area contributed by atoms with Crippen molar-refractivity contribution in [3.05, 3.63) is 24.3 Å². The monoisotopic (exact) mass is 333 g/mol. The molecule has 2 amide bonds. The summed E-state index contributed by atoms with van der Waals surface area (Å²) in [6.45, 7) is 7.33. The molecule has 0 aliphatic carbocycles. The van der Waals surface area contributed by atoms with Crippen LogP contribution in [0.4, 0.5) is 16.2 Å². The van der Waals surface area contributed by atoms with Gasteiger partial charge in [0.1, 0.15) is 0 Å². The highest BCUT2D eigenvalue weighted by molar-refractivity contribution is 5.89. The second-order valence-corrected chi connectivity index (χ2v) is 6.68. The molecule has 2 N–H and O–H groups in total. The highest BCUT2D eigenvalue weighted by Gasteiger charge is 2.22. The Morgan fingerprint density at radius 2 is 1.92 bits per heavy atom. The quantitative estimate of drug-likeness (QED) is 0.889. The number of anilines is 2. The summed E-state index contributed by atoms with van der Waals surface area (Å²) in [5, 5.41) is 5.73. The average Bonchev–Trinajstić information content (AvgIpc) is 3.06. The van der Waals surface area contributed by atoms with Crippen LogP contribution in [0, 0.1) is 0 Å². The number of carbonyl (C=O) groups is 1. The third-order valence-electron chi connectivity index (χ3n) is 4.42. The number of hydrogen-bond donors (Lipinski definition) is 2. The van der Waals surface area contributed by atoms with Gasteiger partial charge in [0.05, 0.1) is 18.3 Å². The minimum absolute atomic E-state index is 0.156. The van der Waals surface area contributed by atoms with Crippen LogP contribution in [0.5, 0.6) is 0 Å². The first-order valence-corrected chi connectivity index (χ1v) is 8.77. The van der Waals surface area contributed by atoms with Crippen LogP contribution >= 0.6 is 0 Å². The first-order chi connectivity index (χ1) is 11.6. The Bertz CT molecular complexity index is 533. The van der Waals surface area contributed by atoms with Gasteiger partial charge in [-0.15, -0.1) is 0 Å². The van der Waals surface area contributed by atoms with Crippen LogP contribution in [0.25, 0.3) is 0 Å². The van der Waals surface area contributed by atoms with E-state index in [0.29, 0.717) is 6.54 Å². The summed E-state index contributed by atoms with van der Waals surface area (Å²) in [6.07, 6.45) is 2.72. The summed E-state index contributed by atoms with van der Waals surface area (Å²) in [7, 11) is 0. The summed E-state index contributed by atoms with van der Waals surface area (Å²) < 4.78 is 11.3. The maximum Gasteiger partial charge on any atom is 0.319 e. The average molecular weight is 333 g/mol. The van der Waals surface area contributed by atoms with Gasteiger partial charge in [-0.1, -0.05) is 0 Å². The van der Waals surface area contributed by atoms with Gasteiger partial charge in [-0.05, 0) is 51.0 Å². The number of nitrogens with one attached hydrogen (secondary N) is 2. The molecule has 24 heavy (non-hydrogen) atoms. The van der Waals surface area contributed by atoms with E-state index in [4.69, 9.17) is 9.47 Å². The molecule has 3 atom stereocenters. The topological polar surface area (TPSA) is 62.8 Å². The number of ether oxygens (including phenoxy) is 2. The third kappa shape index (κ3) is 4.61. The number of amides is 2. The lowest BCUT2D eigenvalue weighted by Crippen LogP contribution is -2.45. The van der Waals surface area contributed by atoms with Crippen molar-refractivity contribution in [2.24, 2.45) is 0 Å². The molecule has 0 spiro atoms. The second kappa shape index (κ2) is 7.85. The Morgan fingerprint density at radius 3 is 2.54 bits per heavy atom. The van der Waals surface area contributed by atoms with Crippen LogP contribution < -0.4 is 15.5 Å². The molecule has 2 heterocycles. The molecular weight excluding hydrogens is 306 g/mol. The maximum atomic E-state index is 11.9. The highest BCUT2D eigenvalue weighted by Crippen LogP contribution is 2.22. The fourth-order valence-electron chi connectivity index (χ4n) is 3.33. The Hall–Kier alpha value is -1.79. The van der Waals surface area contributed by atoms with Gasteiger partial charge in [-0.3, -0.25) is 0 Å². The molecular formula is C18H27N3O3. The smallest absolute Gasteiger partial charge is 0.319 e. The summed E-state index contributed by atoms with van der Waals surface area (Å²) in [5.41, 5.74) is 1.94. The van der Waals surface area contributed by atoms with Crippen LogP contribution in [-0.4, -0.2) is 50.6 Å². The van der Waals surface area contributed by atoms with Gasteiger partial charge in [0, 0.05) is 37.6 Å². The summed E-state index contributed by atoms with van der Waals surface area (Å²) >= 11 is 0. The third-order valence-corrected chi connectivity index (χ3v) is 4.42. The molecule has 2 fully saturated rings. The SMILES string of the molecule is C[C@@H]1CN(c2ccc(NC(=O)NC[C@H]3CCCO3)cc2)C[C@@H](C)O1. The Morgan fingerprint density at radius 1 is 1.21 bits per heavy atom. The summed E-state index contributed by atoms with van der Waals surface area (Å²) in [5.74, 6) is 0. The molecule has 6 heteroatoms. The van der Waals surface area contributed by atoms with E-state index in [-0.39, 0.29) is 24.3 Å². The van der Waals surface area contributed by atoms with Crippen molar-refractivity contribution in [2.45, 2.75) is 45.0 Å². The van der Waals surface area contributed by atoms with Gasteiger partial charge < -0.3 is 25.0 Å². The molecule has 1 aromatic carbocycles. The minimum atomic E-state index is -0.188. The fraction of sp³-hybridized carbons (Fsp3) is 0.611. The molecule has 132 valence electrons. The van der Waals surface area contributed by atoms with Crippen molar-refractivity contribution in [1.82, 2.24) is 5.32 Å². The van der Waals surface area contributed by atoms with Gasteiger partial charge in [0.2, 0.25) is 0 Å². The van der Waals surface area contributed by atoms with Gasteiger partial charge in [0.15, 0.2) is 0 Å². The summed E-state index contributed by atoms with van der Waals surface area (Å²) in [4.78, 5) is 14.3. The van der Waals surface area contributed by atoms with Gasteiger partial charge >= 0.3 is 6.03 Å². The Kier molecular flexibility index (Phi) is 5.58. The lowest BCUT2D eigenvalue weighted by molar-refractivity contribution is -0.00521. The van der Waals surface area contributed by atoms with Crippen LogP contribution in [0.3, 0.4) is 0 Å². The molecule has 0 saturated carbocycles. The number of morpholine rings is 1.